The number of rotatable bonds is 9. The number of ether oxygens (including phenoxy) is 1. The van der Waals surface area contributed by atoms with Gasteiger partial charge in [0.05, 0.1) is 24.9 Å². The summed E-state index contributed by atoms with van der Waals surface area (Å²) in [6, 6.07) is 10.5. The van der Waals surface area contributed by atoms with Gasteiger partial charge in [-0.05, 0) is 49.0 Å². The Morgan fingerprint density at radius 3 is 1.88 bits per heavy atom. The van der Waals surface area contributed by atoms with E-state index in [-0.39, 0.29) is 31.2 Å². The Hall–Kier alpha value is -0.835. The molecule has 0 N–H and O–H groups in total. The van der Waals surface area contributed by atoms with Crippen molar-refractivity contribution in [2.45, 2.75) is 122 Å². The Bertz CT molecular complexity index is 630. The van der Waals surface area contributed by atoms with Gasteiger partial charge >= 0.3 is 7.12 Å². The number of benzene rings is 1. The minimum Gasteiger partial charge on any atom is -0.405 e. The lowest BCUT2D eigenvalue weighted by Gasteiger charge is -2.35. The van der Waals surface area contributed by atoms with Crippen molar-refractivity contribution < 1.29 is 14.0 Å². The van der Waals surface area contributed by atoms with Gasteiger partial charge in [0.1, 0.15) is 0 Å². The minimum absolute atomic E-state index is 0.136. The molecule has 5 atom stereocenters. The zero-order valence-corrected chi connectivity index (χ0v) is 20.7. The summed E-state index contributed by atoms with van der Waals surface area (Å²) >= 11 is 0. The molecule has 1 heterocycles. The average Bonchev–Trinajstić information content (AvgIpc) is 3.31. The van der Waals surface area contributed by atoms with Crippen LogP contribution in [-0.4, -0.2) is 25.4 Å². The molecule has 1 aliphatic heterocycles. The van der Waals surface area contributed by atoms with E-state index in [1.165, 1.54) is 69.8 Å². The van der Waals surface area contributed by atoms with Crippen molar-refractivity contribution in [1.29, 1.82) is 0 Å². The van der Waals surface area contributed by atoms with E-state index in [1.54, 1.807) is 0 Å². The van der Waals surface area contributed by atoms with Gasteiger partial charge in [-0.15, -0.1) is 0 Å². The summed E-state index contributed by atoms with van der Waals surface area (Å²) in [5, 5.41) is 0. The van der Waals surface area contributed by atoms with Gasteiger partial charge in [0, 0.05) is 5.82 Å². The van der Waals surface area contributed by atoms with Crippen molar-refractivity contribution in [3.63, 3.8) is 0 Å². The highest BCUT2D eigenvalue weighted by Gasteiger charge is 2.50. The molecule has 2 saturated carbocycles. The first-order valence-corrected chi connectivity index (χ1v) is 13.6. The van der Waals surface area contributed by atoms with Crippen LogP contribution in [0.1, 0.15) is 97.0 Å². The number of hydrogen-bond acceptors (Lipinski definition) is 3. The van der Waals surface area contributed by atoms with Gasteiger partial charge in [-0.3, -0.25) is 0 Å². The van der Waals surface area contributed by atoms with Gasteiger partial charge in [0.25, 0.3) is 0 Å². The molecule has 0 bridgehead atoms. The minimum atomic E-state index is -0.136. The maximum Gasteiger partial charge on any atom is 0.463 e. The van der Waals surface area contributed by atoms with Crippen molar-refractivity contribution in [1.82, 2.24) is 0 Å². The van der Waals surface area contributed by atoms with E-state index in [0.29, 0.717) is 24.4 Å². The molecule has 0 spiro atoms. The molecular weight excluding hydrogens is 395 g/mol. The van der Waals surface area contributed by atoms with Crippen LogP contribution in [0.3, 0.4) is 0 Å². The first-order valence-electron chi connectivity index (χ1n) is 13.6. The fraction of sp³-hybridized carbons (Fsp3) is 0.786. The molecule has 3 aliphatic rings. The molecule has 0 amide bonds. The Morgan fingerprint density at radius 1 is 0.844 bits per heavy atom. The average molecular weight is 440 g/mol. The van der Waals surface area contributed by atoms with E-state index in [9.17, 15) is 0 Å². The maximum absolute atomic E-state index is 6.85. The van der Waals surface area contributed by atoms with Crippen molar-refractivity contribution in [3.05, 3.63) is 35.9 Å². The van der Waals surface area contributed by atoms with Crippen molar-refractivity contribution in [2.75, 3.05) is 0 Å². The lowest BCUT2D eigenvalue weighted by atomic mass is 9.67. The summed E-state index contributed by atoms with van der Waals surface area (Å²) in [5.74, 6) is 2.07. The SMILES string of the molecule is CC[C@H](C)[C@@H](OCc1ccccc1)[C@@H](C)B1O[C@@H](C2CCCCC2)[C@H](C2CCCCC2)O1. The summed E-state index contributed by atoms with van der Waals surface area (Å²) in [5.41, 5.74) is 1.24. The Morgan fingerprint density at radius 2 is 1.38 bits per heavy atom. The summed E-state index contributed by atoms with van der Waals surface area (Å²) < 4.78 is 20.3. The van der Waals surface area contributed by atoms with Crippen LogP contribution in [0.15, 0.2) is 30.3 Å². The highest BCUT2D eigenvalue weighted by atomic mass is 16.7. The van der Waals surface area contributed by atoms with Gasteiger partial charge in [-0.25, -0.2) is 0 Å². The number of hydrogen-bond donors (Lipinski definition) is 0. The van der Waals surface area contributed by atoms with Crippen LogP contribution in [0.4, 0.5) is 0 Å². The molecule has 2 aliphatic carbocycles. The molecule has 1 aromatic rings. The highest BCUT2D eigenvalue weighted by molar-refractivity contribution is 6.47. The lowest BCUT2D eigenvalue weighted by Crippen LogP contribution is -2.38. The molecule has 0 aromatic heterocycles. The largest absolute Gasteiger partial charge is 0.463 e. The van der Waals surface area contributed by atoms with Gasteiger partial charge < -0.3 is 14.0 Å². The zero-order chi connectivity index (χ0) is 22.3. The molecule has 32 heavy (non-hydrogen) atoms. The van der Waals surface area contributed by atoms with E-state index in [0.717, 1.165) is 6.42 Å². The van der Waals surface area contributed by atoms with Crippen LogP contribution in [0, 0.1) is 17.8 Å². The van der Waals surface area contributed by atoms with Crippen molar-refractivity contribution in [2.24, 2.45) is 17.8 Å². The molecular formula is C28H45BO3. The van der Waals surface area contributed by atoms with Crippen LogP contribution in [0.25, 0.3) is 0 Å². The van der Waals surface area contributed by atoms with E-state index < -0.39 is 0 Å². The second-order valence-electron chi connectivity index (χ2n) is 10.9. The third kappa shape index (κ3) is 5.99. The van der Waals surface area contributed by atoms with E-state index in [2.05, 4.69) is 51.1 Å². The Kier molecular flexibility index (Phi) is 9.14. The normalized spacial score (nSPS) is 28.5. The fourth-order valence-electron chi connectivity index (χ4n) is 6.42. The van der Waals surface area contributed by atoms with E-state index in [1.807, 2.05) is 0 Å². The molecule has 4 heteroatoms. The molecule has 3 nitrogen and oxygen atoms in total. The van der Waals surface area contributed by atoms with Gasteiger partial charge in [0.2, 0.25) is 0 Å². The van der Waals surface area contributed by atoms with Gasteiger partial charge in [0.15, 0.2) is 0 Å². The van der Waals surface area contributed by atoms with Crippen LogP contribution in [-0.2, 0) is 20.7 Å². The third-order valence-corrected chi connectivity index (χ3v) is 8.57. The van der Waals surface area contributed by atoms with Crippen LogP contribution in [0.5, 0.6) is 0 Å². The second-order valence-corrected chi connectivity index (χ2v) is 10.9. The molecule has 1 aromatic carbocycles. The van der Waals surface area contributed by atoms with Crippen LogP contribution >= 0.6 is 0 Å². The monoisotopic (exact) mass is 440 g/mol. The lowest BCUT2D eigenvalue weighted by molar-refractivity contribution is -0.00367. The highest BCUT2D eigenvalue weighted by Crippen LogP contribution is 2.43. The topological polar surface area (TPSA) is 27.7 Å². The standard InChI is InChI=1S/C28H45BO3/c1-4-21(2)26(30-20-23-14-8-5-9-15-23)22(3)29-31-27(24-16-10-6-11-17-24)28(32-29)25-18-12-7-13-19-25/h5,8-9,14-15,21-22,24-28H,4,6-7,10-13,16-20H2,1-3H3/t21-,22+,26+,27-,28-/m0/s1. The summed E-state index contributed by atoms with van der Waals surface area (Å²) in [4.78, 5) is 0. The molecule has 0 unspecified atom stereocenters. The molecule has 0 radical (unpaired) electrons. The zero-order valence-electron chi connectivity index (χ0n) is 20.7. The molecule has 4 rings (SSSR count). The summed E-state index contributed by atoms with van der Waals surface area (Å²) in [6.07, 6.45) is 15.3. The predicted octanol–water partition coefficient (Wildman–Crippen LogP) is 7.44. The molecule has 3 fully saturated rings. The second kappa shape index (κ2) is 12.0. The van der Waals surface area contributed by atoms with Gasteiger partial charge in [-0.1, -0.05) is 96.0 Å². The molecule has 178 valence electrons. The summed E-state index contributed by atoms with van der Waals surface area (Å²) in [7, 11) is -0.136. The Labute approximate surface area is 197 Å². The van der Waals surface area contributed by atoms with Gasteiger partial charge in [-0.2, -0.15) is 0 Å². The van der Waals surface area contributed by atoms with E-state index in [4.69, 9.17) is 14.0 Å². The van der Waals surface area contributed by atoms with Crippen molar-refractivity contribution in [3.8, 4) is 0 Å². The van der Waals surface area contributed by atoms with Crippen LogP contribution in [0.2, 0.25) is 5.82 Å². The van der Waals surface area contributed by atoms with E-state index >= 15 is 0 Å². The summed E-state index contributed by atoms with van der Waals surface area (Å²) in [6.45, 7) is 7.54. The Balaban J connectivity index is 1.46. The predicted molar refractivity (Wildman–Crippen MR) is 133 cm³/mol. The first-order chi connectivity index (χ1) is 15.7. The smallest absolute Gasteiger partial charge is 0.405 e. The third-order valence-electron chi connectivity index (χ3n) is 8.57. The fourth-order valence-corrected chi connectivity index (χ4v) is 6.42. The quantitative estimate of drug-likeness (QED) is 0.374. The molecule has 1 saturated heterocycles. The van der Waals surface area contributed by atoms with Crippen molar-refractivity contribution >= 4 is 7.12 Å². The first kappa shape index (κ1) is 24.3. The maximum atomic E-state index is 6.85. The van der Waals surface area contributed by atoms with Crippen LogP contribution < -0.4 is 0 Å².